The molecule has 0 amide bonds. The van der Waals surface area contributed by atoms with Crippen LogP contribution < -0.4 is 11.1 Å². The SMILES string of the molecule is CC#CCCNC(CN)c1ccccc1CC. The lowest BCUT2D eigenvalue weighted by Gasteiger charge is -2.19. The van der Waals surface area contributed by atoms with Gasteiger partial charge in [-0.15, -0.1) is 11.8 Å². The van der Waals surface area contributed by atoms with Gasteiger partial charge in [-0.2, -0.15) is 0 Å². The highest BCUT2D eigenvalue weighted by atomic mass is 14.9. The lowest BCUT2D eigenvalue weighted by molar-refractivity contribution is 0.547. The van der Waals surface area contributed by atoms with Gasteiger partial charge in [0.15, 0.2) is 0 Å². The van der Waals surface area contributed by atoms with Crippen LogP contribution in [0.1, 0.15) is 37.4 Å². The fraction of sp³-hybridized carbons (Fsp3) is 0.467. The number of nitrogens with one attached hydrogen (secondary N) is 1. The zero-order valence-electron chi connectivity index (χ0n) is 10.8. The van der Waals surface area contributed by atoms with Gasteiger partial charge in [0, 0.05) is 25.6 Å². The van der Waals surface area contributed by atoms with Gasteiger partial charge >= 0.3 is 0 Å². The first-order chi connectivity index (χ1) is 8.33. The maximum absolute atomic E-state index is 5.84. The van der Waals surface area contributed by atoms with Crippen LogP contribution in [0.25, 0.3) is 0 Å². The van der Waals surface area contributed by atoms with Crippen molar-refractivity contribution in [2.45, 2.75) is 32.7 Å². The largest absolute Gasteiger partial charge is 0.329 e. The van der Waals surface area contributed by atoms with Crippen molar-refractivity contribution in [2.75, 3.05) is 13.1 Å². The molecule has 0 aliphatic heterocycles. The molecule has 0 bridgehead atoms. The Balaban J connectivity index is 2.67. The first-order valence-corrected chi connectivity index (χ1v) is 6.24. The number of rotatable bonds is 6. The first kappa shape index (κ1) is 13.8. The maximum Gasteiger partial charge on any atom is 0.0447 e. The topological polar surface area (TPSA) is 38.0 Å². The Kier molecular flexibility index (Phi) is 6.39. The highest BCUT2D eigenvalue weighted by Crippen LogP contribution is 2.17. The van der Waals surface area contributed by atoms with E-state index in [9.17, 15) is 0 Å². The van der Waals surface area contributed by atoms with E-state index in [0.717, 1.165) is 19.4 Å². The molecule has 92 valence electrons. The van der Waals surface area contributed by atoms with Gasteiger partial charge in [0.2, 0.25) is 0 Å². The number of benzene rings is 1. The summed E-state index contributed by atoms with van der Waals surface area (Å²) in [5.41, 5.74) is 8.54. The number of hydrogen-bond donors (Lipinski definition) is 2. The van der Waals surface area contributed by atoms with Crippen LogP contribution in [-0.4, -0.2) is 13.1 Å². The van der Waals surface area contributed by atoms with Crippen LogP contribution in [0.4, 0.5) is 0 Å². The Morgan fingerprint density at radius 1 is 1.35 bits per heavy atom. The molecule has 1 rings (SSSR count). The molecule has 0 fully saturated rings. The molecule has 3 N–H and O–H groups in total. The van der Waals surface area contributed by atoms with Crippen molar-refractivity contribution in [3.05, 3.63) is 35.4 Å². The molecule has 0 radical (unpaired) electrons. The van der Waals surface area contributed by atoms with Crippen LogP contribution in [0.3, 0.4) is 0 Å². The molecule has 2 heteroatoms. The minimum atomic E-state index is 0.241. The molecule has 1 aromatic rings. The van der Waals surface area contributed by atoms with Gasteiger partial charge in [-0.25, -0.2) is 0 Å². The van der Waals surface area contributed by atoms with Crippen molar-refractivity contribution < 1.29 is 0 Å². The summed E-state index contributed by atoms with van der Waals surface area (Å²) < 4.78 is 0. The summed E-state index contributed by atoms with van der Waals surface area (Å²) in [6.45, 7) is 5.55. The summed E-state index contributed by atoms with van der Waals surface area (Å²) in [7, 11) is 0. The molecule has 0 spiro atoms. The second-order valence-electron chi connectivity index (χ2n) is 3.97. The van der Waals surface area contributed by atoms with Crippen molar-refractivity contribution in [3.8, 4) is 11.8 Å². The van der Waals surface area contributed by atoms with Crippen molar-refractivity contribution in [1.29, 1.82) is 0 Å². The van der Waals surface area contributed by atoms with E-state index in [1.54, 1.807) is 0 Å². The van der Waals surface area contributed by atoms with E-state index in [2.05, 4.69) is 48.3 Å². The van der Waals surface area contributed by atoms with E-state index in [-0.39, 0.29) is 6.04 Å². The molecule has 0 aliphatic rings. The molecular formula is C15H22N2. The van der Waals surface area contributed by atoms with E-state index in [1.165, 1.54) is 11.1 Å². The van der Waals surface area contributed by atoms with Gasteiger partial charge in [0.25, 0.3) is 0 Å². The van der Waals surface area contributed by atoms with E-state index in [4.69, 9.17) is 5.73 Å². The van der Waals surface area contributed by atoms with Crippen molar-refractivity contribution in [3.63, 3.8) is 0 Å². The van der Waals surface area contributed by atoms with Gasteiger partial charge in [0.05, 0.1) is 0 Å². The molecule has 0 saturated heterocycles. The van der Waals surface area contributed by atoms with Gasteiger partial charge in [-0.3, -0.25) is 0 Å². The average molecular weight is 230 g/mol. The molecule has 0 aromatic heterocycles. The number of aryl methyl sites for hydroxylation is 1. The second-order valence-corrected chi connectivity index (χ2v) is 3.97. The lowest BCUT2D eigenvalue weighted by atomic mass is 9.98. The van der Waals surface area contributed by atoms with Crippen molar-refractivity contribution >= 4 is 0 Å². The zero-order valence-corrected chi connectivity index (χ0v) is 10.8. The second kappa shape index (κ2) is 7.89. The predicted molar refractivity (Wildman–Crippen MR) is 73.7 cm³/mol. The summed E-state index contributed by atoms with van der Waals surface area (Å²) >= 11 is 0. The smallest absolute Gasteiger partial charge is 0.0447 e. The van der Waals surface area contributed by atoms with Gasteiger partial charge < -0.3 is 11.1 Å². The monoisotopic (exact) mass is 230 g/mol. The van der Waals surface area contributed by atoms with Crippen LogP contribution >= 0.6 is 0 Å². The van der Waals surface area contributed by atoms with E-state index in [0.29, 0.717) is 6.54 Å². The number of nitrogens with two attached hydrogens (primary N) is 1. The van der Waals surface area contributed by atoms with Crippen molar-refractivity contribution in [2.24, 2.45) is 5.73 Å². The molecular weight excluding hydrogens is 208 g/mol. The highest BCUT2D eigenvalue weighted by molar-refractivity contribution is 5.30. The third kappa shape index (κ3) is 4.22. The molecule has 17 heavy (non-hydrogen) atoms. The summed E-state index contributed by atoms with van der Waals surface area (Å²) in [6.07, 6.45) is 1.92. The quantitative estimate of drug-likeness (QED) is 0.581. The Hall–Kier alpha value is -1.30. The molecule has 0 aliphatic carbocycles. The summed E-state index contributed by atoms with van der Waals surface area (Å²) in [5, 5.41) is 3.47. The van der Waals surface area contributed by atoms with E-state index >= 15 is 0 Å². The normalized spacial score (nSPS) is 11.7. The van der Waals surface area contributed by atoms with Crippen LogP contribution in [0, 0.1) is 11.8 Å². The van der Waals surface area contributed by atoms with Crippen molar-refractivity contribution in [1.82, 2.24) is 5.32 Å². The van der Waals surface area contributed by atoms with Crippen LogP contribution in [0.5, 0.6) is 0 Å². The van der Waals surface area contributed by atoms with Crippen LogP contribution in [0.15, 0.2) is 24.3 Å². The summed E-state index contributed by atoms with van der Waals surface area (Å²) in [5.74, 6) is 5.95. The van der Waals surface area contributed by atoms with Gasteiger partial charge in [-0.05, 0) is 24.5 Å². The van der Waals surface area contributed by atoms with E-state index in [1.807, 2.05) is 6.92 Å². The lowest BCUT2D eigenvalue weighted by Crippen LogP contribution is -2.29. The fourth-order valence-corrected chi connectivity index (χ4v) is 1.95. The van der Waals surface area contributed by atoms with E-state index < -0.39 is 0 Å². The maximum atomic E-state index is 5.84. The molecule has 1 unspecified atom stereocenters. The standard InChI is InChI=1S/C15H22N2/c1-3-5-8-11-17-15(12-16)14-10-7-6-9-13(14)4-2/h6-7,9-10,15,17H,4,8,11-12,16H2,1-2H3. The minimum absolute atomic E-state index is 0.241. The van der Waals surface area contributed by atoms with Gasteiger partial charge in [0.1, 0.15) is 0 Å². The first-order valence-electron chi connectivity index (χ1n) is 6.24. The Labute approximate surface area is 105 Å². The fourth-order valence-electron chi connectivity index (χ4n) is 1.95. The average Bonchev–Trinajstić information content (AvgIpc) is 2.39. The Morgan fingerprint density at radius 3 is 2.76 bits per heavy atom. The molecule has 0 saturated carbocycles. The highest BCUT2D eigenvalue weighted by Gasteiger charge is 2.11. The molecule has 2 nitrogen and oxygen atoms in total. The predicted octanol–water partition coefficient (Wildman–Crippen LogP) is 2.25. The third-order valence-electron chi connectivity index (χ3n) is 2.86. The Bertz CT molecular complexity index is 387. The molecule has 0 heterocycles. The Morgan fingerprint density at radius 2 is 2.12 bits per heavy atom. The third-order valence-corrected chi connectivity index (χ3v) is 2.86. The zero-order chi connectivity index (χ0) is 12.5. The van der Waals surface area contributed by atoms with Gasteiger partial charge in [-0.1, -0.05) is 31.2 Å². The number of hydrogen-bond acceptors (Lipinski definition) is 2. The molecule has 1 atom stereocenters. The van der Waals surface area contributed by atoms with Crippen LogP contribution in [0.2, 0.25) is 0 Å². The summed E-state index contributed by atoms with van der Waals surface area (Å²) in [4.78, 5) is 0. The molecule has 1 aromatic carbocycles. The summed E-state index contributed by atoms with van der Waals surface area (Å²) in [6, 6.07) is 8.73. The minimum Gasteiger partial charge on any atom is -0.329 e. The van der Waals surface area contributed by atoms with Crippen LogP contribution in [-0.2, 0) is 6.42 Å².